The zero-order valence-electron chi connectivity index (χ0n) is 13.6. The number of hydrogen-bond donors (Lipinski definition) is 3. The third-order valence-electron chi connectivity index (χ3n) is 3.97. The summed E-state index contributed by atoms with van der Waals surface area (Å²) >= 11 is 1.58. The summed E-state index contributed by atoms with van der Waals surface area (Å²) in [6, 6.07) is 15.2. The molecule has 3 N–H and O–H groups in total. The Balaban J connectivity index is 1.46. The van der Waals surface area contributed by atoms with Gasteiger partial charge in [0, 0.05) is 11.3 Å². The SMILES string of the molecule is N#Cc1ccc(CN=C2NN=C(c3ccc4[nH]c(=O)[nH]c4c3)CS2)cc1. The molecule has 0 unspecified atom stereocenters. The minimum atomic E-state index is -0.215. The molecule has 4 rings (SSSR count). The summed E-state index contributed by atoms with van der Waals surface area (Å²) in [5, 5.41) is 14.0. The van der Waals surface area contributed by atoms with Crippen LogP contribution in [-0.2, 0) is 6.54 Å². The van der Waals surface area contributed by atoms with Gasteiger partial charge in [-0.2, -0.15) is 10.4 Å². The third-order valence-corrected chi connectivity index (χ3v) is 4.88. The number of rotatable bonds is 3. The maximum Gasteiger partial charge on any atom is 0.323 e. The first-order chi connectivity index (χ1) is 12.7. The Bertz CT molecular complexity index is 1120. The highest BCUT2D eigenvalue weighted by atomic mass is 32.2. The van der Waals surface area contributed by atoms with Crippen molar-refractivity contribution in [3.05, 3.63) is 69.6 Å². The summed E-state index contributed by atoms with van der Waals surface area (Å²) < 4.78 is 0. The van der Waals surface area contributed by atoms with Crippen molar-refractivity contribution in [2.24, 2.45) is 10.1 Å². The Morgan fingerprint density at radius 3 is 2.69 bits per heavy atom. The second kappa shape index (κ2) is 6.90. The van der Waals surface area contributed by atoms with Gasteiger partial charge >= 0.3 is 5.69 Å². The van der Waals surface area contributed by atoms with E-state index in [9.17, 15) is 4.79 Å². The Kier molecular flexibility index (Phi) is 4.29. The first kappa shape index (κ1) is 16.2. The number of amidine groups is 1. The monoisotopic (exact) mass is 362 g/mol. The molecule has 7 nitrogen and oxygen atoms in total. The number of nitriles is 1. The Morgan fingerprint density at radius 2 is 1.96 bits per heavy atom. The van der Waals surface area contributed by atoms with Crippen molar-refractivity contribution in [1.82, 2.24) is 15.4 Å². The average Bonchev–Trinajstić information content (AvgIpc) is 3.06. The lowest BCUT2D eigenvalue weighted by Crippen LogP contribution is -2.25. The van der Waals surface area contributed by atoms with Crippen LogP contribution in [0.4, 0.5) is 0 Å². The molecule has 1 aliphatic rings. The average molecular weight is 362 g/mol. The lowest BCUT2D eigenvalue weighted by atomic mass is 10.1. The number of imidazole rings is 1. The molecule has 128 valence electrons. The van der Waals surface area contributed by atoms with E-state index in [0.29, 0.717) is 17.9 Å². The predicted molar refractivity (Wildman–Crippen MR) is 103 cm³/mol. The smallest absolute Gasteiger partial charge is 0.306 e. The van der Waals surface area contributed by atoms with Gasteiger partial charge in [0.05, 0.1) is 34.9 Å². The number of hydrogen-bond acceptors (Lipinski definition) is 5. The van der Waals surface area contributed by atoms with E-state index in [2.05, 4.69) is 31.6 Å². The highest BCUT2D eigenvalue weighted by molar-refractivity contribution is 8.14. The fourth-order valence-electron chi connectivity index (χ4n) is 2.61. The zero-order valence-corrected chi connectivity index (χ0v) is 14.4. The second-order valence-corrected chi connectivity index (χ2v) is 6.69. The van der Waals surface area contributed by atoms with Gasteiger partial charge < -0.3 is 9.97 Å². The first-order valence-corrected chi connectivity index (χ1v) is 8.91. The number of fused-ring (bicyclic) bond motifs is 1. The van der Waals surface area contributed by atoms with Crippen LogP contribution in [0.2, 0.25) is 0 Å². The summed E-state index contributed by atoms with van der Waals surface area (Å²) in [4.78, 5) is 21.4. The molecule has 2 heterocycles. The number of nitrogens with one attached hydrogen (secondary N) is 3. The fourth-order valence-corrected chi connectivity index (χ4v) is 3.38. The molecule has 0 bridgehead atoms. The lowest BCUT2D eigenvalue weighted by Gasteiger charge is -2.15. The number of aromatic nitrogens is 2. The van der Waals surface area contributed by atoms with Crippen LogP contribution in [0.25, 0.3) is 11.0 Å². The fraction of sp³-hybridized carbons (Fsp3) is 0.111. The molecule has 0 aliphatic carbocycles. The van der Waals surface area contributed by atoms with Gasteiger partial charge in [-0.15, -0.1) is 0 Å². The zero-order chi connectivity index (χ0) is 17.9. The molecule has 0 spiro atoms. The molecule has 0 saturated heterocycles. The topological polar surface area (TPSA) is 109 Å². The van der Waals surface area contributed by atoms with Gasteiger partial charge in [0.25, 0.3) is 0 Å². The minimum absolute atomic E-state index is 0.215. The summed E-state index contributed by atoms with van der Waals surface area (Å²) in [6.45, 7) is 0.530. The van der Waals surface area contributed by atoms with Crippen LogP contribution in [0.3, 0.4) is 0 Å². The van der Waals surface area contributed by atoms with Gasteiger partial charge in [-0.05, 0) is 29.8 Å². The summed E-state index contributed by atoms with van der Waals surface area (Å²) in [6.07, 6.45) is 0. The third kappa shape index (κ3) is 3.38. The number of aromatic amines is 2. The van der Waals surface area contributed by atoms with E-state index in [1.807, 2.05) is 30.3 Å². The Morgan fingerprint density at radius 1 is 1.15 bits per heavy atom. The van der Waals surface area contributed by atoms with Crippen molar-refractivity contribution in [3.63, 3.8) is 0 Å². The summed E-state index contributed by atoms with van der Waals surface area (Å²) in [7, 11) is 0. The minimum Gasteiger partial charge on any atom is -0.306 e. The van der Waals surface area contributed by atoms with Crippen molar-refractivity contribution >= 4 is 33.7 Å². The molecule has 0 fully saturated rings. The molecular formula is C18H14N6OS. The lowest BCUT2D eigenvalue weighted by molar-refractivity contribution is 0.987. The Labute approximate surface area is 152 Å². The van der Waals surface area contributed by atoms with Crippen molar-refractivity contribution in [3.8, 4) is 6.07 Å². The standard InChI is InChI=1S/C18H14N6OS/c19-8-11-1-3-12(4-2-11)9-20-18-24-23-16(10-26-18)13-5-6-14-15(7-13)22-17(25)21-14/h1-7H,9-10H2,(H,20,24)(H2,21,22,25). The van der Waals surface area contributed by atoms with Crippen LogP contribution < -0.4 is 11.1 Å². The van der Waals surface area contributed by atoms with Crippen LogP contribution >= 0.6 is 11.8 Å². The van der Waals surface area contributed by atoms with Gasteiger partial charge in [-0.3, -0.25) is 10.4 Å². The van der Waals surface area contributed by atoms with Gasteiger partial charge in [-0.1, -0.05) is 30.0 Å². The van der Waals surface area contributed by atoms with Crippen LogP contribution in [0.15, 0.2) is 57.4 Å². The molecule has 0 saturated carbocycles. The molecule has 2 aromatic carbocycles. The van der Waals surface area contributed by atoms with Crippen molar-refractivity contribution in [1.29, 1.82) is 5.26 Å². The number of H-pyrrole nitrogens is 2. The summed E-state index contributed by atoms with van der Waals surface area (Å²) in [5.41, 5.74) is 7.84. The van der Waals surface area contributed by atoms with Gasteiger partial charge in [0.1, 0.15) is 0 Å². The van der Waals surface area contributed by atoms with E-state index >= 15 is 0 Å². The number of nitrogens with zero attached hydrogens (tertiary/aromatic N) is 3. The van der Waals surface area contributed by atoms with E-state index in [1.54, 1.807) is 23.9 Å². The van der Waals surface area contributed by atoms with Gasteiger partial charge in [0.15, 0.2) is 5.17 Å². The van der Waals surface area contributed by atoms with Crippen LogP contribution in [0, 0.1) is 11.3 Å². The maximum absolute atomic E-state index is 11.4. The van der Waals surface area contributed by atoms with Crippen molar-refractivity contribution < 1.29 is 0 Å². The molecule has 0 radical (unpaired) electrons. The number of benzene rings is 2. The molecule has 8 heteroatoms. The number of hydrazone groups is 1. The highest BCUT2D eigenvalue weighted by Crippen LogP contribution is 2.17. The van der Waals surface area contributed by atoms with Crippen LogP contribution in [-0.4, -0.2) is 26.6 Å². The molecule has 0 atom stereocenters. The van der Waals surface area contributed by atoms with E-state index in [4.69, 9.17) is 5.26 Å². The van der Waals surface area contributed by atoms with Crippen LogP contribution in [0.5, 0.6) is 0 Å². The molecule has 1 aromatic heterocycles. The van der Waals surface area contributed by atoms with Gasteiger partial charge in [0.2, 0.25) is 0 Å². The normalized spacial score (nSPS) is 15.5. The summed E-state index contributed by atoms with van der Waals surface area (Å²) in [5.74, 6) is 0.694. The van der Waals surface area contributed by atoms with E-state index in [-0.39, 0.29) is 5.69 Å². The first-order valence-electron chi connectivity index (χ1n) is 7.92. The molecular weight excluding hydrogens is 348 g/mol. The quantitative estimate of drug-likeness (QED) is 0.664. The van der Waals surface area contributed by atoms with Crippen molar-refractivity contribution in [2.75, 3.05) is 5.75 Å². The molecule has 0 amide bonds. The molecule has 1 aliphatic heterocycles. The maximum atomic E-state index is 11.4. The van der Waals surface area contributed by atoms with Gasteiger partial charge in [-0.25, -0.2) is 4.79 Å². The van der Waals surface area contributed by atoms with Crippen LogP contribution in [0.1, 0.15) is 16.7 Å². The molecule has 26 heavy (non-hydrogen) atoms. The highest BCUT2D eigenvalue weighted by Gasteiger charge is 2.13. The largest absolute Gasteiger partial charge is 0.323 e. The predicted octanol–water partition coefficient (Wildman–Crippen LogP) is 2.32. The number of aliphatic imine (C=N–C) groups is 1. The van der Waals surface area contributed by atoms with E-state index < -0.39 is 0 Å². The van der Waals surface area contributed by atoms with E-state index in [1.165, 1.54) is 0 Å². The Hall–Kier alpha value is -3.31. The molecule has 3 aromatic rings. The number of thioether (sulfide) groups is 1. The van der Waals surface area contributed by atoms with E-state index in [0.717, 1.165) is 33.0 Å². The van der Waals surface area contributed by atoms with Crippen molar-refractivity contribution in [2.45, 2.75) is 6.54 Å². The second-order valence-electron chi connectivity index (χ2n) is 5.73.